The van der Waals surface area contributed by atoms with Crippen LogP contribution in [0.1, 0.15) is 18.7 Å². The number of likely N-dealkylation sites (N-methyl/N-ethyl adjacent to an activating group) is 1. The van der Waals surface area contributed by atoms with E-state index in [1.807, 2.05) is 48.9 Å². The SMILES string of the molecule is CC(=O)Nc1ccc(S(=O)(=O)NCC(c2cccn2C)N(C)C)cc1. The first-order valence-corrected chi connectivity index (χ1v) is 9.34. The number of anilines is 1. The minimum absolute atomic E-state index is 0.0894. The summed E-state index contributed by atoms with van der Waals surface area (Å²) in [4.78, 5) is 13.2. The number of nitrogens with one attached hydrogen (secondary N) is 2. The fourth-order valence-electron chi connectivity index (χ4n) is 2.56. The van der Waals surface area contributed by atoms with E-state index in [0.29, 0.717) is 5.69 Å². The number of carbonyl (C=O) groups excluding carboxylic acids is 1. The lowest BCUT2D eigenvalue weighted by molar-refractivity contribution is -0.114. The predicted octanol–water partition coefficient (Wildman–Crippen LogP) is 1.56. The van der Waals surface area contributed by atoms with Crippen molar-refractivity contribution in [2.45, 2.75) is 17.9 Å². The van der Waals surface area contributed by atoms with E-state index in [1.54, 1.807) is 12.1 Å². The molecule has 1 aromatic carbocycles. The quantitative estimate of drug-likeness (QED) is 0.781. The number of nitrogens with zero attached hydrogens (tertiary/aromatic N) is 2. The topological polar surface area (TPSA) is 83.4 Å². The molecule has 0 saturated heterocycles. The molecule has 0 fully saturated rings. The van der Waals surface area contributed by atoms with Gasteiger partial charge in [0.25, 0.3) is 0 Å². The summed E-state index contributed by atoms with van der Waals surface area (Å²) in [6, 6.07) is 9.89. The Morgan fingerprint density at radius 1 is 1.20 bits per heavy atom. The Labute approximate surface area is 148 Å². The molecule has 0 bridgehead atoms. The Hall–Kier alpha value is -2.16. The van der Waals surface area contributed by atoms with E-state index in [1.165, 1.54) is 19.1 Å². The molecular weight excluding hydrogens is 340 g/mol. The third-order valence-electron chi connectivity index (χ3n) is 3.90. The van der Waals surface area contributed by atoms with E-state index in [-0.39, 0.29) is 23.4 Å². The van der Waals surface area contributed by atoms with E-state index in [9.17, 15) is 13.2 Å². The Balaban J connectivity index is 2.12. The van der Waals surface area contributed by atoms with Gasteiger partial charge in [-0.15, -0.1) is 0 Å². The van der Waals surface area contributed by atoms with Crippen molar-refractivity contribution < 1.29 is 13.2 Å². The lowest BCUT2D eigenvalue weighted by Crippen LogP contribution is -2.35. The third-order valence-corrected chi connectivity index (χ3v) is 5.34. The zero-order valence-electron chi connectivity index (χ0n) is 14.9. The second kappa shape index (κ2) is 7.81. The predicted molar refractivity (Wildman–Crippen MR) is 97.8 cm³/mol. The van der Waals surface area contributed by atoms with Crippen LogP contribution >= 0.6 is 0 Å². The maximum atomic E-state index is 12.5. The van der Waals surface area contributed by atoms with Gasteiger partial charge < -0.3 is 9.88 Å². The summed E-state index contributed by atoms with van der Waals surface area (Å²) in [5, 5.41) is 2.61. The van der Waals surface area contributed by atoms with Crippen LogP contribution in [0.5, 0.6) is 0 Å². The van der Waals surface area contributed by atoms with Gasteiger partial charge in [-0.05, 0) is 50.5 Å². The van der Waals surface area contributed by atoms with Gasteiger partial charge in [-0.25, -0.2) is 13.1 Å². The van der Waals surface area contributed by atoms with Crippen LogP contribution in [0.15, 0.2) is 47.5 Å². The van der Waals surface area contributed by atoms with E-state index in [2.05, 4.69) is 10.0 Å². The number of carbonyl (C=O) groups is 1. The van der Waals surface area contributed by atoms with Crippen molar-refractivity contribution in [3.05, 3.63) is 48.3 Å². The number of amides is 1. The average Bonchev–Trinajstić information content (AvgIpc) is 2.93. The van der Waals surface area contributed by atoms with Crippen LogP contribution in [0, 0.1) is 0 Å². The van der Waals surface area contributed by atoms with Gasteiger partial charge in [0.2, 0.25) is 15.9 Å². The lowest BCUT2D eigenvalue weighted by Gasteiger charge is -2.25. The fraction of sp³-hybridized carbons (Fsp3) is 0.353. The molecule has 0 saturated carbocycles. The van der Waals surface area contributed by atoms with Crippen LogP contribution in [0.25, 0.3) is 0 Å². The van der Waals surface area contributed by atoms with Crippen molar-refractivity contribution in [3.63, 3.8) is 0 Å². The number of hydrogen-bond donors (Lipinski definition) is 2. The maximum Gasteiger partial charge on any atom is 0.240 e. The summed E-state index contributed by atoms with van der Waals surface area (Å²) in [5.41, 5.74) is 1.58. The summed E-state index contributed by atoms with van der Waals surface area (Å²) < 4.78 is 29.7. The number of benzene rings is 1. The number of aromatic nitrogens is 1. The van der Waals surface area contributed by atoms with Gasteiger partial charge in [-0.2, -0.15) is 0 Å². The molecule has 1 unspecified atom stereocenters. The maximum absolute atomic E-state index is 12.5. The molecule has 2 aromatic rings. The number of aryl methyl sites for hydroxylation is 1. The Morgan fingerprint density at radius 3 is 2.32 bits per heavy atom. The highest BCUT2D eigenvalue weighted by Gasteiger charge is 2.21. The van der Waals surface area contributed by atoms with Crippen molar-refractivity contribution in [1.29, 1.82) is 0 Å². The molecule has 136 valence electrons. The highest BCUT2D eigenvalue weighted by atomic mass is 32.2. The van der Waals surface area contributed by atoms with Crippen LogP contribution in [0.3, 0.4) is 0 Å². The van der Waals surface area contributed by atoms with E-state index >= 15 is 0 Å². The monoisotopic (exact) mass is 364 g/mol. The largest absolute Gasteiger partial charge is 0.353 e. The van der Waals surface area contributed by atoms with Gasteiger partial charge in [-0.3, -0.25) is 9.69 Å². The molecule has 1 amide bonds. The molecule has 8 heteroatoms. The van der Waals surface area contributed by atoms with E-state index in [0.717, 1.165) is 5.69 Å². The molecule has 0 aliphatic carbocycles. The van der Waals surface area contributed by atoms with Crippen LogP contribution in [0.4, 0.5) is 5.69 Å². The second-order valence-electron chi connectivity index (χ2n) is 6.08. The lowest BCUT2D eigenvalue weighted by atomic mass is 10.2. The average molecular weight is 364 g/mol. The van der Waals surface area contributed by atoms with E-state index < -0.39 is 10.0 Å². The van der Waals surface area contributed by atoms with Crippen LogP contribution in [0.2, 0.25) is 0 Å². The Kier molecular flexibility index (Phi) is 5.99. The number of sulfonamides is 1. The molecule has 2 N–H and O–H groups in total. The van der Waals surface area contributed by atoms with Gasteiger partial charge in [0.1, 0.15) is 0 Å². The van der Waals surface area contributed by atoms with Crippen molar-refractivity contribution in [1.82, 2.24) is 14.2 Å². The minimum Gasteiger partial charge on any atom is -0.353 e. The molecule has 1 aromatic heterocycles. The molecule has 25 heavy (non-hydrogen) atoms. The molecule has 1 atom stereocenters. The van der Waals surface area contributed by atoms with Gasteiger partial charge >= 0.3 is 0 Å². The normalized spacial score (nSPS) is 13.0. The van der Waals surface area contributed by atoms with Crippen LogP contribution in [-0.4, -0.2) is 44.4 Å². The van der Waals surface area contributed by atoms with Gasteiger partial charge in [0.15, 0.2) is 0 Å². The molecule has 7 nitrogen and oxygen atoms in total. The molecular formula is C17H24N4O3S. The molecule has 2 rings (SSSR count). The summed E-state index contributed by atoms with van der Waals surface area (Å²) in [6.07, 6.45) is 1.93. The Bertz CT molecular complexity index is 826. The fourth-order valence-corrected chi connectivity index (χ4v) is 3.60. The summed E-state index contributed by atoms with van der Waals surface area (Å²) in [6.45, 7) is 1.65. The van der Waals surface area contributed by atoms with Gasteiger partial charge in [-0.1, -0.05) is 0 Å². The minimum atomic E-state index is -3.64. The molecule has 1 heterocycles. The Morgan fingerprint density at radius 2 is 1.84 bits per heavy atom. The summed E-state index contributed by atoms with van der Waals surface area (Å²) in [7, 11) is 2.12. The van der Waals surface area contributed by atoms with Crippen molar-refractivity contribution in [2.75, 3.05) is 26.0 Å². The molecule has 0 aliphatic rings. The number of hydrogen-bond acceptors (Lipinski definition) is 4. The van der Waals surface area contributed by atoms with Crippen molar-refractivity contribution >= 4 is 21.6 Å². The third kappa shape index (κ3) is 4.91. The van der Waals surface area contributed by atoms with Crippen molar-refractivity contribution in [3.8, 4) is 0 Å². The first-order valence-electron chi connectivity index (χ1n) is 7.85. The second-order valence-corrected chi connectivity index (χ2v) is 7.85. The summed E-state index contributed by atoms with van der Waals surface area (Å²) >= 11 is 0. The zero-order chi connectivity index (χ0) is 18.6. The van der Waals surface area contributed by atoms with Crippen LogP contribution in [-0.2, 0) is 21.9 Å². The highest BCUT2D eigenvalue weighted by molar-refractivity contribution is 7.89. The smallest absolute Gasteiger partial charge is 0.240 e. The molecule has 0 spiro atoms. The van der Waals surface area contributed by atoms with Crippen LogP contribution < -0.4 is 10.0 Å². The first kappa shape index (κ1) is 19.2. The van der Waals surface area contributed by atoms with E-state index in [4.69, 9.17) is 0 Å². The molecule has 0 radical (unpaired) electrons. The number of rotatable bonds is 7. The van der Waals surface area contributed by atoms with Gasteiger partial charge in [0, 0.05) is 38.1 Å². The molecule has 0 aliphatic heterocycles. The van der Waals surface area contributed by atoms with Crippen molar-refractivity contribution in [2.24, 2.45) is 7.05 Å². The highest BCUT2D eigenvalue weighted by Crippen LogP contribution is 2.19. The summed E-state index contributed by atoms with van der Waals surface area (Å²) in [5.74, 6) is -0.204. The van der Waals surface area contributed by atoms with Gasteiger partial charge in [0.05, 0.1) is 10.9 Å². The standard InChI is InChI=1S/C17H24N4O3S/c1-13(22)19-14-7-9-15(10-8-14)25(23,24)18-12-17(20(2)3)16-6-5-11-21(16)4/h5-11,17-18H,12H2,1-4H3,(H,19,22). The first-order chi connectivity index (χ1) is 11.7. The zero-order valence-corrected chi connectivity index (χ0v) is 15.7.